The Kier molecular flexibility index (Phi) is 7.29. The van der Waals surface area contributed by atoms with E-state index in [4.69, 9.17) is 14.2 Å². The summed E-state index contributed by atoms with van der Waals surface area (Å²) in [5, 5.41) is 0. The van der Waals surface area contributed by atoms with Crippen molar-refractivity contribution in [1.82, 2.24) is 15.8 Å². The third kappa shape index (κ3) is 5.41. The molecule has 0 radical (unpaired) electrons. The number of methoxy groups -OCH3 is 1. The number of hydrogen-bond donors (Lipinski definition) is 2. The van der Waals surface area contributed by atoms with Crippen LogP contribution in [-0.2, 0) is 4.79 Å². The lowest BCUT2D eigenvalue weighted by molar-refractivity contribution is -0.124. The van der Waals surface area contributed by atoms with Crippen molar-refractivity contribution in [1.29, 1.82) is 0 Å². The minimum Gasteiger partial charge on any atom is -0.493 e. The fraction of sp³-hybridized carbons (Fsp3) is 0.400. The van der Waals surface area contributed by atoms with Crippen molar-refractivity contribution in [3.63, 3.8) is 0 Å². The highest BCUT2D eigenvalue weighted by Gasteiger charge is 2.24. The molecule has 2 heterocycles. The molecule has 2 aromatic carbocycles. The molecule has 7 heteroatoms. The van der Waals surface area contributed by atoms with Crippen LogP contribution in [-0.4, -0.2) is 50.8 Å². The maximum absolute atomic E-state index is 12.5. The van der Waals surface area contributed by atoms with Crippen LogP contribution in [0.4, 0.5) is 0 Å². The molecule has 0 bridgehead atoms. The molecule has 1 amide bonds. The van der Waals surface area contributed by atoms with Crippen molar-refractivity contribution in [3.05, 3.63) is 59.7 Å². The Morgan fingerprint density at radius 2 is 2.00 bits per heavy atom. The monoisotopic (exact) mass is 437 g/mol. The molecule has 0 aromatic heterocycles. The highest BCUT2D eigenvalue weighted by Crippen LogP contribution is 2.40. The summed E-state index contributed by atoms with van der Waals surface area (Å²) >= 11 is 0. The maximum Gasteiger partial charge on any atom is 0.246 e. The molecule has 0 aliphatic carbocycles. The minimum absolute atomic E-state index is 0.0291. The first-order chi connectivity index (χ1) is 15.6. The first kappa shape index (κ1) is 22.2. The molecule has 32 heavy (non-hydrogen) atoms. The number of benzene rings is 2. The Morgan fingerprint density at radius 1 is 1.19 bits per heavy atom. The highest BCUT2D eigenvalue weighted by molar-refractivity contribution is 5.91. The third-order valence-electron chi connectivity index (χ3n) is 5.87. The number of ether oxygens (including phenoxy) is 3. The Balaban J connectivity index is 1.24. The van der Waals surface area contributed by atoms with Gasteiger partial charge >= 0.3 is 0 Å². The van der Waals surface area contributed by atoms with E-state index in [1.165, 1.54) is 5.56 Å². The molecule has 2 atom stereocenters. The van der Waals surface area contributed by atoms with E-state index in [0.717, 1.165) is 24.8 Å². The van der Waals surface area contributed by atoms with Crippen molar-refractivity contribution >= 4 is 12.0 Å². The molecule has 2 aliphatic heterocycles. The largest absolute Gasteiger partial charge is 0.493 e. The van der Waals surface area contributed by atoms with Crippen LogP contribution < -0.4 is 25.1 Å². The molecule has 2 aliphatic rings. The second kappa shape index (κ2) is 10.5. The number of likely N-dealkylation sites (N-methyl/N-ethyl adjacent to an activating group) is 1. The molecule has 7 nitrogen and oxygen atoms in total. The average molecular weight is 438 g/mol. The summed E-state index contributed by atoms with van der Waals surface area (Å²) < 4.78 is 16.7. The van der Waals surface area contributed by atoms with E-state index < -0.39 is 0 Å². The van der Waals surface area contributed by atoms with Crippen LogP contribution in [0.25, 0.3) is 6.08 Å². The quantitative estimate of drug-likeness (QED) is 0.618. The first-order valence-electron chi connectivity index (χ1n) is 11.1. The third-order valence-corrected chi connectivity index (χ3v) is 5.87. The molecule has 1 saturated heterocycles. The lowest BCUT2D eigenvalue weighted by Crippen LogP contribution is -2.32. The Morgan fingerprint density at radius 3 is 2.81 bits per heavy atom. The predicted octanol–water partition coefficient (Wildman–Crippen LogP) is 3.33. The zero-order chi connectivity index (χ0) is 22.3. The molecule has 2 N–H and O–H groups in total. The number of fused-ring (bicyclic) bond motifs is 1. The minimum atomic E-state index is -0.0291. The van der Waals surface area contributed by atoms with Gasteiger partial charge in [-0.15, -0.1) is 0 Å². The van der Waals surface area contributed by atoms with Gasteiger partial charge in [0.05, 0.1) is 7.11 Å². The van der Waals surface area contributed by atoms with Gasteiger partial charge in [0, 0.05) is 31.8 Å². The number of carbonyl (C=O) groups excluding carboxylic acids is 1. The van der Waals surface area contributed by atoms with Crippen molar-refractivity contribution in [2.45, 2.75) is 31.3 Å². The molecular formula is C25H31N3O4. The lowest BCUT2D eigenvalue weighted by atomic mass is 10.00. The van der Waals surface area contributed by atoms with Gasteiger partial charge in [0.25, 0.3) is 0 Å². The Hall–Kier alpha value is -3.03. The number of carbonyl (C=O) groups is 1. The van der Waals surface area contributed by atoms with Crippen LogP contribution in [0.3, 0.4) is 0 Å². The van der Waals surface area contributed by atoms with Crippen molar-refractivity contribution in [2.75, 3.05) is 33.9 Å². The average Bonchev–Trinajstić information content (AvgIpc) is 3.31. The van der Waals surface area contributed by atoms with E-state index >= 15 is 0 Å². The summed E-state index contributed by atoms with van der Waals surface area (Å²) in [6.45, 7) is 1.71. The Labute approximate surface area is 189 Å². The van der Waals surface area contributed by atoms with Gasteiger partial charge in [-0.2, -0.15) is 0 Å². The van der Waals surface area contributed by atoms with Crippen LogP contribution in [0.2, 0.25) is 0 Å². The lowest BCUT2D eigenvalue weighted by Gasteiger charge is -2.21. The van der Waals surface area contributed by atoms with Crippen LogP contribution >= 0.6 is 0 Å². The number of nitrogens with zero attached hydrogens (tertiary/aromatic N) is 1. The molecular weight excluding hydrogens is 406 g/mol. The number of hydrogen-bond acceptors (Lipinski definition) is 6. The van der Waals surface area contributed by atoms with E-state index in [-0.39, 0.29) is 5.91 Å². The van der Waals surface area contributed by atoms with Crippen LogP contribution in [0.5, 0.6) is 17.2 Å². The summed E-state index contributed by atoms with van der Waals surface area (Å²) in [6.07, 6.45) is 6.37. The van der Waals surface area contributed by atoms with Crippen molar-refractivity contribution in [3.8, 4) is 17.2 Å². The van der Waals surface area contributed by atoms with Gasteiger partial charge in [-0.05, 0) is 48.6 Å². The second-order valence-corrected chi connectivity index (χ2v) is 8.17. The molecule has 2 aromatic rings. The van der Waals surface area contributed by atoms with E-state index in [2.05, 4.69) is 35.1 Å². The van der Waals surface area contributed by atoms with E-state index in [1.807, 2.05) is 25.2 Å². The normalized spacial score (nSPS) is 19.8. The van der Waals surface area contributed by atoms with Crippen molar-refractivity contribution in [2.24, 2.45) is 0 Å². The van der Waals surface area contributed by atoms with Gasteiger partial charge in [-0.25, -0.2) is 0 Å². The van der Waals surface area contributed by atoms with E-state index in [9.17, 15) is 4.79 Å². The summed E-state index contributed by atoms with van der Waals surface area (Å²) in [5.74, 6) is 1.83. The predicted molar refractivity (Wildman–Crippen MR) is 124 cm³/mol. The molecule has 1 fully saturated rings. The van der Waals surface area contributed by atoms with Gasteiger partial charge in [0.2, 0.25) is 11.7 Å². The van der Waals surface area contributed by atoms with Gasteiger partial charge in [0.1, 0.15) is 13.2 Å². The summed E-state index contributed by atoms with van der Waals surface area (Å²) in [7, 11) is 3.43. The van der Waals surface area contributed by atoms with E-state index in [0.29, 0.717) is 49.1 Å². The number of hydrazine groups is 1. The number of rotatable bonds is 8. The van der Waals surface area contributed by atoms with Crippen LogP contribution in [0, 0.1) is 0 Å². The van der Waals surface area contributed by atoms with Crippen molar-refractivity contribution < 1.29 is 19.0 Å². The van der Waals surface area contributed by atoms with Gasteiger partial charge < -0.3 is 19.1 Å². The van der Waals surface area contributed by atoms with Gasteiger partial charge in [0.15, 0.2) is 11.5 Å². The second-order valence-electron chi connectivity index (χ2n) is 8.17. The van der Waals surface area contributed by atoms with Gasteiger partial charge in [-0.3, -0.25) is 15.6 Å². The highest BCUT2D eigenvalue weighted by atomic mass is 16.6. The molecule has 0 saturated carbocycles. The summed E-state index contributed by atoms with van der Waals surface area (Å²) in [4.78, 5) is 14.3. The maximum atomic E-state index is 12.5. The SMILES string of the molecule is COc1cc(/C=C/C(=O)N(C)CCCC2CC(c3ccccc3)NN2)cc2c1OCCO2. The topological polar surface area (TPSA) is 72.1 Å². The fourth-order valence-corrected chi connectivity index (χ4v) is 4.09. The smallest absolute Gasteiger partial charge is 0.246 e. The fourth-order valence-electron chi connectivity index (χ4n) is 4.09. The summed E-state index contributed by atoms with van der Waals surface area (Å²) in [5.41, 5.74) is 8.91. The molecule has 2 unspecified atom stereocenters. The molecule has 170 valence electrons. The molecule has 4 rings (SSSR count). The van der Waals surface area contributed by atoms with Crippen LogP contribution in [0.1, 0.15) is 36.4 Å². The van der Waals surface area contributed by atoms with E-state index in [1.54, 1.807) is 24.2 Å². The standard InChI is InChI=1S/C25H31N3O4/c1-28(12-6-9-20-17-21(27-26-20)19-7-4-3-5-8-19)24(29)11-10-18-15-22(30-2)25-23(16-18)31-13-14-32-25/h3-5,7-8,10-11,15-16,20-21,26-27H,6,9,12-14,17H2,1-2H3/b11-10+. The van der Waals surface area contributed by atoms with Gasteiger partial charge in [-0.1, -0.05) is 30.3 Å². The number of nitrogens with one attached hydrogen (secondary N) is 2. The first-order valence-corrected chi connectivity index (χ1v) is 11.1. The zero-order valence-corrected chi connectivity index (χ0v) is 18.7. The molecule has 0 spiro atoms. The summed E-state index contributed by atoms with van der Waals surface area (Å²) in [6, 6.07) is 14.9. The van der Waals surface area contributed by atoms with Crippen LogP contribution in [0.15, 0.2) is 48.5 Å². The number of amides is 1. The zero-order valence-electron chi connectivity index (χ0n) is 18.7. The Bertz CT molecular complexity index is 930.